The maximum absolute atomic E-state index is 12.2. The highest BCUT2D eigenvalue weighted by atomic mass is 79.9. The van der Waals surface area contributed by atoms with Gasteiger partial charge >= 0.3 is 5.97 Å². The number of rotatable bonds is 5. The van der Waals surface area contributed by atoms with E-state index in [1.54, 1.807) is 0 Å². The summed E-state index contributed by atoms with van der Waals surface area (Å²) in [4.78, 5) is 22.6. The summed E-state index contributed by atoms with van der Waals surface area (Å²) in [6, 6.07) is 2.68. The molecule has 0 saturated heterocycles. The second kappa shape index (κ2) is 6.81. The summed E-state index contributed by atoms with van der Waals surface area (Å²) in [5, 5.41) is 11.1. The summed E-state index contributed by atoms with van der Waals surface area (Å²) >= 11 is 8.80. The predicted molar refractivity (Wildman–Crippen MR) is 68.7 cm³/mol. The Bertz CT molecular complexity index is 499. The number of amides is 1. The zero-order chi connectivity index (χ0) is 14.6. The number of alkyl halides is 2. The molecule has 1 atom stereocenters. The fourth-order valence-electron chi connectivity index (χ4n) is 1.31. The molecular formula is C11H9BrClF2NO3. The molecule has 0 aliphatic rings. The van der Waals surface area contributed by atoms with Gasteiger partial charge in [0, 0.05) is 15.9 Å². The van der Waals surface area contributed by atoms with Crippen molar-refractivity contribution < 1.29 is 23.5 Å². The standard InChI is InChI=1S/C11H9BrClF2NO3/c12-7-2-1-5(13)3-6(7)10(17)16-8(11(18)19)4-9(14)15/h1-3,8-9H,4H2,(H,16,17)(H,18,19). The number of carbonyl (C=O) groups is 2. The lowest BCUT2D eigenvalue weighted by molar-refractivity contribution is -0.140. The van der Waals surface area contributed by atoms with Crippen molar-refractivity contribution in [3.8, 4) is 0 Å². The smallest absolute Gasteiger partial charge is 0.326 e. The Balaban J connectivity index is 2.87. The number of hydrogen-bond donors (Lipinski definition) is 2. The minimum atomic E-state index is -2.83. The highest BCUT2D eigenvalue weighted by molar-refractivity contribution is 9.10. The van der Waals surface area contributed by atoms with Crippen LogP contribution in [0.1, 0.15) is 16.8 Å². The van der Waals surface area contributed by atoms with Crippen LogP contribution in [-0.4, -0.2) is 29.5 Å². The molecule has 1 amide bonds. The van der Waals surface area contributed by atoms with Crippen LogP contribution in [0.5, 0.6) is 0 Å². The number of carbonyl (C=O) groups excluding carboxylic acids is 1. The molecule has 0 saturated carbocycles. The molecule has 0 aromatic heterocycles. The third kappa shape index (κ3) is 4.76. The Kier molecular flexibility index (Phi) is 5.68. The van der Waals surface area contributed by atoms with E-state index in [9.17, 15) is 18.4 Å². The first-order chi connectivity index (χ1) is 8.81. The average molecular weight is 357 g/mol. The predicted octanol–water partition coefficient (Wildman–Crippen LogP) is 2.94. The van der Waals surface area contributed by atoms with Crippen LogP contribution in [0.4, 0.5) is 8.78 Å². The lowest BCUT2D eigenvalue weighted by atomic mass is 10.1. The van der Waals surface area contributed by atoms with Gasteiger partial charge in [-0.3, -0.25) is 4.79 Å². The molecule has 1 rings (SSSR count). The largest absolute Gasteiger partial charge is 0.480 e. The number of hydrogen-bond acceptors (Lipinski definition) is 2. The van der Waals surface area contributed by atoms with E-state index < -0.39 is 30.8 Å². The molecule has 0 spiro atoms. The molecule has 0 radical (unpaired) electrons. The van der Waals surface area contributed by atoms with Gasteiger partial charge in [-0.1, -0.05) is 11.6 Å². The first-order valence-electron chi connectivity index (χ1n) is 5.08. The topological polar surface area (TPSA) is 66.4 Å². The van der Waals surface area contributed by atoms with Crippen molar-refractivity contribution in [1.82, 2.24) is 5.32 Å². The highest BCUT2D eigenvalue weighted by Gasteiger charge is 2.25. The fraction of sp³-hybridized carbons (Fsp3) is 0.273. The summed E-state index contributed by atoms with van der Waals surface area (Å²) in [5.74, 6) is -2.31. The molecule has 0 fully saturated rings. The highest BCUT2D eigenvalue weighted by Crippen LogP contribution is 2.21. The quantitative estimate of drug-likeness (QED) is 0.852. The maximum atomic E-state index is 12.2. The maximum Gasteiger partial charge on any atom is 0.326 e. The molecule has 2 N–H and O–H groups in total. The number of halogens is 4. The third-order valence-electron chi connectivity index (χ3n) is 2.19. The zero-order valence-corrected chi connectivity index (χ0v) is 11.7. The molecule has 0 aliphatic carbocycles. The van der Waals surface area contributed by atoms with E-state index in [-0.39, 0.29) is 10.6 Å². The number of carboxylic acids is 1. The second-order valence-corrected chi connectivity index (χ2v) is 4.91. The van der Waals surface area contributed by atoms with Crippen LogP contribution in [0.2, 0.25) is 5.02 Å². The van der Waals surface area contributed by atoms with Crippen LogP contribution >= 0.6 is 27.5 Å². The molecule has 0 heterocycles. The Morgan fingerprint density at radius 1 is 1.42 bits per heavy atom. The fourth-order valence-corrected chi connectivity index (χ4v) is 1.91. The van der Waals surface area contributed by atoms with Gasteiger partial charge in [0.25, 0.3) is 5.91 Å². The Morgan fingerprint density at radius 3 is 2.58 bits per heavy atom. The van der Waals surface area contributed by atoms with Crippen molar-refractivity contribution >= 4 is 39.4 Å². The SMILES string of the molecule is O=C(NC(CC(F)F)C(=O)O)c1cc(Cl)ccc1Br. The number of benzene rings is 1. The van der Waals surface area contributed by atoms with Crippen molar-refractivity contribution in [3.63, 3.8) is 0 Å². The lowest BCUT2D eigenvalue weighted by Crippen LogP contribution is -2.42. The van der Waals surface area contributed by atoms with Gasteiger partial charge in [-0.15, -0.1) is 0 Å². The van der Waals surface area contributed by atoms with Crippen LogP contribution in [0.25, 0.3) is 0 Å². The normalized spacial score (nSPS) is 12.3. The monoisotopic (exact) mass is 355 g/mol. The molecule has 1 unspecified atom stereocenters. The van der Waals surface area contributed by atoms with E-state index in [4.69, 9.17) is 16.7 Å². The van der Waals surface area contributed by atoms with Gasteiger partial charge in [0.15, 0.2) is 0 Å². The van der Waals surface area contributed by atoms with Gasteiger partial charge in [0.05, 0.1) is 5.56 Å². The summed E-state index contributed by atoms with van der Waals surface area (Å²) in [6.45, 7) is 0. The number of aliphatic carboxylic acids is 1. The van der Waals surface area contributed by atoms with Crippen LogP contribution in [0.3, 0.4) is 0 Å². The minimum absolute atomic E-state index is 0.0769. The Morgan fingerprint density at radius 2 is 2.05 bits per heavy atom. The van der Waals surface area contributed by atoms with Crippen molar-refractivity contribution in [1.29, 1.82) is 0 Å². The van der Waals surface area contributed by atoms with Crippen molar-refractivity contribution in [3.05, 3.63) is 33.3 Å². The number of nitrogens with one attached hydrogen (secondary N) is 1. The van der Waals surface area contributed by atoms with Gasteiger partial charge in [-0.05, 0) is 34.1 Å². The molecule has 4 nitrogen and oxygen atoms in total. The zero-order valence-electron chi connectivity index (χ0n) is 9.37. The van der Waals surface area contributed by atoms with Crippen molar-refractivity contribution in [2.24, 2.45) is 0 Å². The second-order valence-electron chi connectivity index (χ2n) is 3.62. The molecule has 19 heavy (non-hydrogen) atoms. The molecule has 1 aromatic carbocycles. The molecule has 104 valence electrons. The first kappa shape index (κ1) is 15.8. The van der Waals surface area contributed by atoms with E-state index in [1.165, 1.54) is 18.2 Å². The van der Waals surface area contributed by atoms with Gasteiger partial charge in [0.2, 0.25) is 6.43 Å². The van der Waals surface area contributed by atoms with E-state index in [1.807, 2.05) is 5.32 Å². The lowest BCUT2D eigenvalue weighted by Gasteiger charge is -2.14. The molecule has 1 aromatic rings. The molecular weight excluding hydrogens is 347 g/mol. The van der Waals surface area contributed by atoms with Crippen LogP contribution < -0.4 is 5.32 Å². The molecule has 0 aliphatic heterocycles. The van der Waals surface area contributed by atoms with E-state index in [0.717, 1.165) is 0 Å². The summed E-state index contributed by atoms with van der Waals surface area (Å²) in [5.41, 5.74) is 0.0769. The van der Waals surface area contributed by atoms with Gasteiger partial charge in [-0.25, -0.2) is 13.6 Å². The summed E-state index contributed by atoms with van der Waals surface area (Å²) < 4.78 is 24.8. The van der Waals surface area contributed by atoms with E-state index >= 15 is 0 Å². The third-order valence-corrected chi connectivity index (χ3v) is 3.12. The van der Waals surface area contributed by atoms with E-state index in [2.05, 4.69) is 15.9 Å². The van der Waals surface area contributed by atoms with E-state index in [0.29, 0.717) is 4.47 Å². The van der Waals surface area contributed by atoms with Crippen LogP contribution in [0.15, 0.2) is 22.7 Å². The summed E-state index contributed by atoms with van der Waals surface area (Å²) in [7, 11) is 0. The summed E-state index contributed by atoms with van der Waals surface area (Å²) in [6.07, 6.45) is -3.79. The number of carboxylic acid groups (broad SMARTS) is 1. The average Bonchev–Trinajstić information content (AvgIpc) is 2.30. The van der Waals surface area contributed by atoms with Crippen molar-refractivity contribution in [2.45, 2.75) is 18.9 Å². The van der Waals surface area contributed by atoms with Crippen LogP contribution in [-0.2, 0) is 4.79 Å². The Hall–Kier alpha value is -1.21. The Labute approximate surface area is 120 Å². The van der Waals surface area contributed by atoms with Crippen molar-refractivity contribution in [2.75, 3.05) is 0 Å². The molecule has 8 heteroatoms. The van der Waals surface area contributed by atoms with Crippen LogP contribution in [0, 0.1) is 0 Å². The first-order valence-corrected chi connectivity index (χ1v) is 6.25. The van der Waals surface area contributed by atoms with Gasteiger partial charge < -0.3 is 10.4 Å². The van der Waals surface area contributed by atoms with Gasteiger partial charge in [-0.2, -0.15) is 0 Å². The molecule has 0 bridgehead atoms. The van der Waals surface area contributed by atoms with Gasteiger partial charge in [0.1, 0.15) is 6.04 Å². The minimum Gasteiger partial charge on any atom is -0.480 e.